The molecule has 0 radical (unpaired) electrons. The molecule has 5 nitrogen and oxygen atoms in total. The normalized spacial score (nSPS) is 14.2. The fourth-order valence-corrected chi connectivity index (χ4v) is 1.37. The summed E-state index contributed by atoms with van der Waals surface area (Å²) in [5, 5.41) is 20.1. The summed E-state index contributed by atoms with van der Waals surface area (Å²) in [6.45, 7) is 3.84. The molecule has 3 N–H and O–H groups in total. The van der Waals surface area contributed by atoms with Gasteiger partial charge in [0, 0.05) is 25.0 Å². The van der Waals surface area contributed by atoms with Crippen molar-refractivity contribution in [2.24, 2.45) is 0 Å². The zero-order valence-corrected chi connectivity index (χ0v) is 9.95. The Balaban J connectivity index is 3.96. The quantitative estimate of drug-likeness (QED) is 0.579. The highest BCUT2D eigenvalue weighted by Gasteiger charge is 2.23. The Hall–Kier alpha value is -1.10. The molecule has 94 valence electrons. The monoisotopic (exact) mass is 231 g/mol. The fourth-order valence-electron chi connectivity index (χ4n) is 1.37. The maximum Gasteiger partial charge on any atom is 0.303 e. The van der Waals surface area contributed by atoms with E-state index in [1.54, 1.807) is 0 Å². The number of aliphatic hydroxyl groups excluding tert-OH is 1. The summed E-state index contributed by atoms with van der Waals surface area (Å²) in [5.41, 5.74) is -0.394. The van der Waals surface area contributed by atoms with Crippen LogP contribution in [-0.2, 0) is 9.59 Å². The fraction of sp³-hybridized carbons (Fsp3) is 0.818. The lowest BCUT2D eigenvalue weighted by Crippen LogP contribution is -2.46. The number of rotatable bonds is 8. The number of carbonyl (C=O) groups excluding carboxylic acids is 1. The molecule has 0 fully saturated rings. The van der Waals surface area contributed by atoms with Crippen molar-refractivity contribution in [3.8, 4) is 0 Å². The van der Waals surface area contributed by atoms with Crippen LogP contribution in [0.4, 0.5) is 0 Å². The highest BCUT2D eigenvalue weighted by Crippen LogP contribution is 2.14. The third-order valence-electron chi connectivity index (χ3n) is 2.68. The minimum Gasteiger partial charge on any atom is -0.481 e. The molecule has 0 aromatic carbocycles. The number of carbonyl (C=O) groups is 2. The van der Waals surface area contributed by atoms with Crippen molar-refractivity contribution in [3.05, 3.63) is 0 Å². The molecule has 0 saturated carbocycles. The van der Waals surface area contributed by atoms with E-state index in [-0.39, 0.29) is 25.4 Å². The van der Waals surface area contributed by atoms with Gasteiger partial charge >= 0.3 is 5.97 Å². The first kappa shape index (κ1) is 14.9. The van der Waals surface area contributed by atoms with Crippen molar-refractivity contribution in [1.29, 1.82) is 0 Å². The van der Waals surface area contributed by atoms with Crippen LogP contribution in [0.15, 0.2) is 0 Å². The van der Waals surface area contributed by atoms with Crippen molar-refractivity contribution >= 4 is 11.9 Å². The number of hydrogen-bond donors (Lipinski definition) is 3. The lowest BCUT2D eigenvalue weighted by Gasteiger charge is -2.29. The highest BCUT2D eigenvalue weighted by atomic mass is 16.4. The number of nitrogens with one attached hydrogen (secondary N) is 1. The summed E-state index contributed by atoms with van der Waals surface area (Å²) >= 11 is 0. The molecule has 0 aliphatic carbocycles. The molecule has 0 rings (SSSR count). The van der Waals surface area contributed by atoms with Crippen molar-refractivity contribution in [2.45, 2.75) is 51.5 Å². The first-order chi connectivity index (χ1) is 7.43. The number of amides is 1. The number of aliphatic carboxylic acids is 1. The second-order valence-corrected chi connectivity index (χ2v) is 4.18. The second kappa shape index (κ2) is 7.22. The van der Waals surface area contributed by atoms with E-state index < -0.39 is 11.5 Å². The zero-order valence-electron chi connectivity index (χ0n) is 9.95. The predicted octanol–water partition coefficient (Wildman–Crippen LogP) is 0.909. The van der Waals surface area contributed by atoms with Crippen LogP contribution < -0.4 is 5.32 Å². The average molecular weight is 231 g/mol. The number of carboxylic acid groups (broad SMARTS) is 1. The molecule has 1 unspecified atom stereocenters. The molecule has 0 saturated heterocycles. The lowest BCUT2D eigenvalue weighted by atomic mass is 9.94. The largest absolute Gasteiger partial charge is 0.481 e. The van der Waals surface area contributed by atoms with Crippen LogP contribution in [0.25, 0.3) is 0 Å². The highest BCUT2D eigenvalue weighted by molar-refractivity contribution is 5.77. The van der Waals surface area contributed by atoms with Crippen LogP contribution >= 0.6 is 0 Å². The SMILES string of the molecule is CCC(C)(CCO)NC(=O)CCCC(=O)O. The molecule has 1 amide bonds. The number of aliphatic hydroxyl groups is 1. The molecule has 5 heteroatoms. The van der Waals surface area contributed by atoms with Gasteiger partial charge in [-0.2, -0.15) is 0 Å². The second-order valence-electron chi connectivity index (χ2n) is 4.18. The van der Waals surface area contributed by atoms with Gasteiger partial charge in [0.15, 0.2) is 0 Å². The van der Waals surface area contributed by atoms with Crippen LogP contribution in [-0.4, -0.2) is 34.2 Å². The van der Waals surface area contributed by atoms with Gasteiger partial charge in [-0.25, -0.2) is 0 Å². The lowest BCUT2D eigenvalue weighted by molar-refractivity contribution is -0.137. The van der Waals surface area contributed by atoms with E-state index >= 15 is 0 Å². The van der Waals surface area contributed by atoms with Gasteiger partial charge in [0.25, 0.3) is 0 Å². The van der Waals surface area contributed by atoms with Gasteiger partial charge in [0.05, 0.1) is 0 Å². The minimum atomic E-state index is -0.888. The van der Waals surface area contributed by atoms with Gasteiger partial charge in [0.2, 0.25) is 5.91 Å². The number of hydrogen-bond acceptors (Lipinski definition) is 3. The van der Waals surface area contributed by atoms with Crippen molar-refractivity contribution in [2.75, 3.05) is 6.61 Å². The van der Waals surface area contributed by atoms with E-state index in [0.717, 1.165) is 6.42 Å². The van der Waals surface area contributed by atoms with Gasteiger partial charge in [-0.3, -0.25) is 9.59 Å². The Labute approximate surface area is 95.9 Å². The molecule has 0 aromatic heterocycles. The maximum atomic E-state index is 11.5. The standard InChI is InChI=1S/C11H21NO4/c1-3-11(2,7-8-13)12-9(14)5-4-6-10(15)16/h13H,3-8H2,1-2H3,(H,12,14)(H,15,16). The summed E-state index contributed by atoms with van der Waals surface area (Å²) in [5.74, 6) is -1.04. The van der Waals surface area contributed by atoms with E-state index in [0.29, 0.717) is 12.8 Å². The maximum absolute atomic E-state index is 11.5. The van der Waals surface area contributed by atoms with Crippen molar-refractivity contribution in [1.82, 2.24) is 5.32 Å². The first-order valence-corrected chi connectivity index (χ1v) is 5.57. The van der Waals surface area contributed by atoms with Crippen LogP contribution in [0.2, 0.25) is 0 Å². The van der Waals surface area contributed by atoms with Gasteiger partial charge in [-0.1, -0.05) is 6.92 Å². The van der Waals surface area contributed by atoms with Crippen LogP contribution in [0, 0.1) is 0 Å². The van der Waals surface area contributed by atoms with Crippen molar-refractivity contribution in [3.63, 3.8) is 0 Å². The Kier molecular flexibility index (Phi) is 6.72. The molecular formula is C11H21NO4. The molecule has 0 bridgehead atoms. The van der Waals surface area contributed by atoms with Gasteiger partial charge in [0.1, 0.15) is 0 Å². The van der Waals surface area contributed by atoms with Crippen molar-refractivity contribution < 1.29 is 19.8 Å². The number of carboxylic acids is 1. The Morgan fingerprint density at radius 3 is 2.38 bits per heavy atom. The van der Waals surface area contributed by atoms with Gasteiger partial charge in [-0.05, 0) is 26.2 Å². The summed E-state index contributed by atoms with van der Waals surface area (Å²) in [7, 11) is 0. The summed E-state index contributed by atoms with van der Waals surface area (Å²) in [4.78, 5) is 21.7. The minimum absolute atomic E-state index is 0.0102. The molecule has 0 aliphatic heterocycles. The van der Waals surface area contributed by atoms with Gasteiger partial charge in [-0.15, -0.1) is 0 Å². The average Bonchev–Trinajstić information content (AvgIpc) is 2.17. The molecule has 0 aliphatic rings. The predicted molar refractivity (Wildman–Crippen MR) is 60.0 cm³/mol. The summed E-state index contributed by atoms with van der Waals surface area (Å²) in [6, 6.07) is 0. The molecule has 16 heavy (non-hydrogen) atoms. The molecule has 0 spiro atoms. The molecule has 0 aromatic rings. The van der Waals surface area contributed by atoms with Crippen LogP contribution in [0.3, 0.4) is 0 Å². The first-order valence-electron chi connectivity index (χ1n) is 5.57. The van der Waals surface area contributed by atoms with E-state index in [1.165, 1.54) is 0 Å². The Morgan fingerprint density at radius 2 is 1.94 bits per heavy atom. The van der Waals surface area contributed by atoms with E-state index in [1.807, 2.05) is 13.8 Å². The van der Waals surface area contributed by atoms with Crippen LogP contribution in [0.5, 0.6) is 0 Å². The molecule has 1 atom stereocenters. The summed E-state index contributed by atoms with van der Waals surface area (Å²) in [6.07, 6.45) is 1.82. The van der Waals surface area contributed by atoms with Crippen LogP contribution in [0.1, 0.15) is 46.0 Å². The smallest absolute Gasteiger partial charge is 0.303 e. The summed E-state index contributed by atoms with van der Waals surface area (Å²) < 4.78 is 0. The van der Waals surface area contributed by atoms with E-state index in [2.05, 4.69) is 5.32 Å². The topological polar surface area (TPSA) is 86.6 Å². The van der Waals surface area contributed by atoms with Gasteiger partial charge < -0.3 is 15.5 Å². The van der Waals surface area contributed by atoms with E-state index in [4.69, 9.17) is 10.2 Å². The Morgan fingerprint density at radius 1 is 1.31 bits per heavy atom. The third-order valence-corrected chi connectivity index (χ3v) is 2.68. The zero-order chi connectivity index (χ0) is 12.6. The molecule has 0 heterocycles. The third kappa shape index (κ3) is 6.40. The Bertz CT molecular complexity index is 242. The van der Waals surface area contributed by atoms with E-state index in [9.17, 15) is 9.59 Å². The molecular weight excluding hydrogens is 210 g/mol.